The quantitative estimate of drug-likeness (QED) is 0.762. The molecule has 1 aromatic carbocycles. The lowest BCUT2D eigenvalue weighted by Crippen LogP contribution is -2.13. The van der Waals surface area contributed by atoms with Gasteiger partial charge in [0.05, 0.1) is 12.2 Å². The molecule has 1 aliphatic rings. The lowest BCUT2D eigenvalue weighted by atomic mass is 10.2. The summed E-state index contributed by atoms with van der Waals surface area (Å²) in [5, 5.41) is 3.17. The Morgan fingerprint density at radius 3 is 2.83 bits per heavy atom. The fourth-order valence-corrected chi connectivity index (χ4v) is 2.66. The molecule has 0 aliphatic carbocycles. The first-order valence-electron chi connectivity index (χ1n) is 5.85. The van der Waals surface area contributed by atoms with Gasteiger partial charge in [0.2, 0.25) is 5.01 Å². The summed E-state index contributed by atoms with van der Waals surface area (Å²) < 4.78 is 0. The Balaban J connectivity index is 1.89. The van der Waals surface area contributed by atoms with E-state index in [1.165, 1.54) is 11.1 Å². The average Bonchev–Trinajstić information content (AvgIpc) is 2.90. The van der Waals surface area contributed by atoms with Gasteiger partial charge in [-0.05, 0) is 0 Å². The summed E-state index contributed by atoms with van der Waals surface area (Å²) in [6, 6.07) is 10.3. The lowest BCUT2D eigenvalue weighted by molar-refractivity contribution is 0.483. The lowest BCUT2D eigenvalue weighted by Gasteiger charge is -2.04. The number of hydrogen-bond donors (Lipinski definition) is 0. The number of aromatic nitrogens is 1. The van der Waals surface area contributed by atoms with Crippen molar-refractivity contribution in [3.63, 3.8) is 0 Å². The molecule has 0 saturated heterocycles. The molecule has 2 aromatic rings. The Morgan fingerprint density at radius 2 is 2.11 bits per heavy atom. The van der Waals surface area contributed by atoms with Crippen molar-refractivity contribution in [2.75, 3.05) is 13.6 Å². The van der Waals surface area contributed by atoms with Gasteiger partial charge in [0.15, 0.2) is 17.8 Å². The molecule has 18 heavy (non-hydrogen) atoms. The Kier molecular flexibility index (Phi) is 2.93. The van der Waals surface area contributed by atoms with E-state index in [2.05, 4.69) is 34.8 Å². The predicted molar refractivity (Wildman–Crippen MR) is 76.0 cm³/mol. The van der Waals surface area contributed by atoms with Crippen molar-refractivity contribution in [2.45, 2.75) is 0 Å². The maximum Gasteiger partial charge on any atom is 0.209 e. The van der Waals surface area contributed by atoms with E-state index in [-0.39, 0.29) is 0 Å². The second kappa shape index (κ2) is 4.73. The van der Waals surface area contributed by atoms with Gasteiger partial charge in [-0.25, -0.2) is 4.98 Å². The minimum Gasteiger partial charge on any atom is -0.251 e. The van der Waals surface area contributed by atoms with Crippen LogP contribution in [-0.4, -0.2) is 23.5 Å². The van der Waals surface area contributed by atoms with Crippen molar-refractivity contribution >= 4 is 16.9 Å². The zero-order chi connectivity index (χ0) is 12.4. The first-order chi connectivity index (χ1) is 8.83. The average molecular weight is 253 g/mol. The van der Waals surface area contributed by atoms with Gasteiger partial charge in [0.1, 0.15) is 0 Å². The summed E-state index contributed by atoms with van der Waals surface area (Å²) in [5.74, 6) is 0. The zero-order valence-electron chi connectivity index (χ0n) is 10.1. The standard InChI is InChI=1S/C15H13N2S/c1-17-9-7-13(8-10-17)15-16-14(11-18-15)12-5-3-2-4-6-12/h2-8,11H,9H2,1H3/q+1. The van der Waals surface area contributed by atoms with Crippen LogP contribution >= 0.6 is 11.3 Å². The number of thiazole rings is 1. The monoisotopic (exact) mass is 253 g/mol. The van der Waals surface area contributed by atoms with Crippen LogP contribution in [0.2, 0.25) is 0 Å². The molecule has 1 aromatic heterocycles. The van der Waals surface area contributed by atoms with Crippen molar-refractivity contribution in [3.05, 3.63) is 59.1 Å². The molecule has 0 bridgehead atoms. The molecule has 0 unspecified atom stereocenters. The Bertz CT molecular complexity index is 596. The van der Waals surface area contributed by atoms with Gasteiger partial charge in [0.25, 0.3) is 0 Å². The fraction of sp³-hybridized carbons (Fsp3) is 0.133. The van der Waals surface area contributed by atoms with E-state index in [0.717, 1.165) is 17.2 Å². The molecule has 1 aliphatic heterocycles. The van der Waals surface area contributed by atoms with Crippen molar-refractivity contribution in [3.8, 4) is 11.3 Å². The first-order valence-corrected chi connectivity index (χ1v) is 6.73. The normalized spacial score (nSPS) is 14.3. The van der Waals surface area contributed by atoms with Crippen molar-refractivity contribution in [2.24, 2.45) is 0 Å². The van der Waals surface area contributed by atoms with E-state index in [4.69, 9.17) is 0 Å². The van der Waals surface area contributed by atoms with Crippen LogP contribution in [0.1, 0.15) is 5.01 Å². The zero-order valence-corrected chi connectivity index (χ0v) is 10.9. The second-order valence-corrected chi connectivity index (χ2v) is 5.08. The van der Waals surface area contributed by atoms with Crippen LogP contribution in [0.15, 0.2) is 47.9 Å². The number of likely N-dealkylation sites (N-methyl/N-ethyl adjacent to an activating group) is 1. The summed E-state index contributed by atoms with van der Waals surface area (Å²) in [5.41, 5.74) is 3.38. The molecule has 3 rings (SSSR count). The molecule has 0 radical (unpaired) electrons. The second-order valence-electron chi connectivity index (χ2n) is 4.22. The Labute approximate surface area is 111 Å². The third-order valence-electron chi connectivity index (χ3n) is 2.85. The van der Waals surface area contributed by atoms with Crippen LogP contribution in [-0.2, 0) is 0 Å². The topological polar surface area (TPSA) is 16.1 Å². The molecule has 0 fully saturated rings. The van der Waals surface area contributed by atoms with Crippen molar-refractivity contribution in [1.82, 2.24) is 9.88 Å². The van der Waals surface area contributed by atoms with Crippen molar-refractivity contribution in [1.29, 1.82) is 0 Å². The summed E-state index contributed by atoms with van der Waals surface area (Å²) in [7, 11) is 2.01. The Hall–Kier alpha value is -1.96. The van der Waals surface area contributed by atoms with Crippen LogP contribution in [0, 0.1) is 6.20 Å². The van der Waals surface area contributed by atoms with E-state index in [1.807, 2.05) is 36.2 Å². The minimum absolute atomic E-state index is 0.895. The van der Waals surface area contributed by atoms with Crippen LogP contribution in [0.3, 0.4) is 0 Å². The maximum absolute atomic E-state index is 4.69. The number of allylic oxidation sites excluding steroid dienone is 2. The highest BCUT2D eigenvalue weighted by molar-refractivity contribution is 7.11. The van der Waals surface area contributed by atoms with Gasteiger partial charge in [-0.2, -0.15) is 0 Å². The molecule has 0 N–H and O–H groups in total. The smallest absolute Gasteiger partial charge is 0.209 e. The van der Waals surface area contributed by atoms with E-state index in [9.17, 15) is 0 Å². The number of nitrogens with zero attached hydrogens (tertiary/aromatic N) is 2. The molecule has 0 saturated carbocycles. The van der Waals surface area contributed by atoms with Gasteiger partial charge in [-0.15, -0.1) is 11.3 Å². The molecule has 2 nitrogen and oxygen atoms in total. The van der Waals surface area contributed by atoms with Gasteiger partial charge >= 0.3 is 0 Å². The highest BCUT2D eigenvalue weighted by atomic mass is 32.1. The minimum atomic E-state index is 0.895. The van der Waals surface area contributed by atoms with E-state index in [1.54, 1.807) is 11.3 Å². The number of rotatable bonds is 2. The van der Waals surface area contributed by atoms with Crippen LogP contribution in [0.25, 0.3) is 16.8 Å². The van der Waals surface area contributed by atoms with E-state index < -0.39 is 0 Å². The summed E-state index contributed by atoms with van der Waals surface area (Å²) >= 11 is 1.68. The highest BCUT2D eigenvalue weighted by Gasteiger charge is 2.18. The first kappa shape index (κ1) is 11.1. The molecular weight excluding hydrogens is 240 g/mol. The van der Waals surface area contributed by atoms with Gasteiger partial charge in [-0.3, -0.25) is 4.90 Å². The highest BCUT2D eigenvalue weighted by Crippen LogP contribution is 2.27. The Morgan fingerprint density at radius 1 is 1.28 bits per heavy atom. The van der Waals surface area contributed by atoms with Crippen LogP contribution in [0.5, 0.6) is 0 Å². The maximum atomic E-state index is 4.69. The van der Waals surface area contributed by atoms with Crippen molar-refractivity contribution < 1.29 is 0 Å². The molecule has 0 amide bonds. The largest absolute Gasteiger partial charge is 0.251 e. The van der Waals surface area contributed by atoms with E-state index in [0.29, 0.717) is 0 Å². The molecule has 0 atom stereocenters. The summed E-state index contributed by atoms with van der Waals surface area (Å²) in [4.78, 5) is 6.71. The number of benzene rings is 1. The van der Waals surface area contributed by atoms with Gasteiger partial charge in [0, 0.05) is 24.1 Å². The predicted octanol–water partition coefficient (Wildman–Crippen LogP) is 3.46. The van der Waals surface area contributed by atoms with E-state index >= 15 is 0 Å². The molecule has 88 valence electrons. The van der Waals surface area contributed by atoms with Gasteiger partial charge in [-0.1, -0.05) is 30.3 Å². The summed E-state index contributed by atoms with van der Waals surface area (Å²) in [6.07, 6.45) is 7.37. The van der Waals surface area contributed by atoms with Gasteiger partial charge < -0.3 is 0 Å². The van der Waals surface area contributed by atoms with Crippen LogP contribution in [0.4, 0.5) is 0 Å². The fourth-order valence-electron chi connectivity index (χ4n) is 1.82. The third kappa shape index (κ3) is 2.19. The third-order valence-corrected chi connectivity index (χ3v) is 3.74. The molecule has 2 heterocycles. The molecule has 3 heteroatoms. The summed E-state index contributed by atoms with van der Waals surface area (Å²) in [6.45, 7) is 0.895. The number of hydrogen-bond acceptors (Lipinski definition) is 3. The van der Waals surface area contributed by atoms with Crippen LogP contribution < -0.4 is 0 Å². The molecular formula is C15H13N2S+. The molecule has 0 spiro atoms. The SMILES string of the molecule is CN1[C+]=CC(c2nc(-c3ccccc3)cs2)=CC1.